The molecule has 1 saturated heterocycles. The monoisotopic (exact) mass is 198 g/mol. The molecule has 0 unspecified atom stereocenters. The molecule has 1 saturated carbocycles. The minimum atomic E-state index is -0.247. The van der Waals surface area contributed by atoms with Crippen LogP contribution in [0.4, 0.5) is 0 Å². The molecule has 1 amide bonds. The van der Waals surface area contributed by atoms with Crippen molar-refractivity contribution in [1.29, 1.82) is 0 Å². The van der Waals surface area contributed by atoms with E-state index in [9.17, 15) is 9.90 Å². The highest BCUT2D eigenvalue weighted by molar-refractivity contribution is 5.80. The molecule has 1 aliphatic carbocycles. The molecule has 0 aromatic rings. The smallest absolute Gasteiger partial charge is 0.224 e. The number of fused-ring (bicyclic) bond motifs is 1. The van der Waals surface area contributed by atoms with Crippen LogP contribution < -0.4 is 11.1 Å². The average Bonchev–Trinajstić information content (AvgIpc) is 2.17. The molecule has 4 N–H and O–H groups in total. The van der Waals surface area contributed by atoms with Gasteiger partial charge in [-0.25, -0.2) is 0 Å². The van der Waals surface area contributed by atoms with Gasteiger partial charge in [0.1, 0.15) is 0 Å². The van der Waals surface area contributed by atoms with Crippen LogP contribution in [0.5, 0.6) is 0 Å². The Morgan fingerprint density at radius 3 is 3.00 bits per heavy atom. The molecule has 4 nitrogen and oxygen atoms in total. The van der Waals surface area contributed by atoms with Crippen LogP contribution in [0.15, 0.2) is 0 Å². The summed E-state index contributed by atoms with van der Waals surface area (Å²) in [5.74, 6) is 0.210. The normalized spacial score (nSPS) is 42.9. The zero-order chi connectivity index (χ0) is 10.1. The zero-order valence-corrected chi connectivity index (χ0v) is 8.28. The predicted molar refractivity (Wildman–Crippen MR) is 52.4 cm³/mol. The summed E-state index contributed by atoms with van der Waals surface area (Å²) in [7, 11) is 0. The highest BCUT2D eigenvalue weighted by atomic mass is 16.3. The summed E-state index contributed by atoms with van der Waals surface area (Å²) in [5, 5.41) is 12.8. The van der Waals surface area contributed by atoms with Crippen LogP contribution in [-0.4, -0.2) is 29.7 Å². The quantitative estimate of drug-likeness (QED) is 0.537. The van der Waals surface area contributed by atoms with Gasteiger partial charge in [0.25, 0.3) is 0 Å². The molecule has 0 aromatic carbocycles. The first-order valence-electron chi connectivity index (χ1n) is 5.41. The van der Waals surface area contributed by atoms with Crippen LogP contribution in [-0.2, 0) is 4.79 Å². The highest BCUT2D eigenvalue weighted by Gasteiger charge is 2.40. The van der Waals surface area contributed by atoms with Gasteiger partial charge in [-0.1, -0.05) is 0 Å². The van der Waals surface area contributed by atoms with Crippen LogP contribution in [0.1, 0.15) is 25.7 Å². The molecule has 80 valence electrons. The van der Waals surface area contributed by atoms with E-state index < -0.39 is 0 Å². The summed E-state index contributed by atoms with van der Waals surface area (Å²) >= 11 is 0. The fourth-order valence-corrected chi connectivity index (χ4v) is 2.68. The Bertz CT molecular complexity index is 232. The molecule has 1 heterocycles. The summed E-state index contributed by atoms with van der Waals surface area (Å²) in [5.41, 5.74) is 5.52. The molecular weight excluding hydrogens is 180 g/mol. The molecule has 4 atom stereocenters. The summed E-state index contributed by atoms with van der Waals surface area (Å²) in [6, 6.07) is 0.189. The van der Waals surface area contributed by atoms with E-state index in [1.807, 2.05) is 0 Å². The van der Waals surface area contributed by atoms with E-state index in [-0.39, 0.29) is 29.9 Å². The van der Waals surface area contributed by atoms with Gasteiger partial charge in [0.05, 0.1) is 12.0 Å². The minimum absolute atomic E-state index is 0.0721. The summed E-state index contributed by atoms with van der Waals surface area (Å²) < 4.78 is 0. The second kappa shape index (κ2) is 3.87. The fraction of sp³-hybridized carbons (Fsp3) is 0.900. The molecule has 0 spiro atoms. The largest absolute Gasteiger partial charge is 0.393 e. The number of hydrogen-bond donors (Lipinski definition) is 3. The second-order valence-electron chi connectivity index (χ2n) is 4.45. The van der Waals surface area contributed by atoms with Gasteiger partial charge in [-0.05, 0) is 25.7 Å². The fourth-order valence-electron chi connectivity index (χ4n) is 2.68. The van der Waals surface area contributed by atoms with Gasteiger partial charge in [-0.2, -0.15) is 0 Å². The maximum absolute atomic E-state index is 11.5. The zero-order valence-electron chi connectivity index (χ0n) is 8.28. The molecule has 2 aliphatic rings. The van der Waals surface area contributed by atoms with E-state index in [1.165, 1.54) is 0 Å². The number of nitrogens with two attached hydrogens (primary N) is 1. The lowest BCUT2D eigenvalue weighted by Crippen LogP contribution is -2.55. The van der Waals surface area contributed by atoms with Crippen molar-refractivity contribution in [3.63, 3.8) is 0 Å². The summed E-state index contributed by atoms with van der Waals surface area (Å²) in [6.07, 6.45) is 3.40. The van der Waals surface area contributed by atoms with E-state index >= 15 is 0 Å². The van der Waals surface area contributed by atoms with Crippen molar-refractivity contribution in [2.45, 2.75) is 37.8 Å². The van der Waals surface area contributed by atoms with Crippen molar-refractivity contribution in [2.75, 3.05) is 6.54 Å². The highest BCUT2D eigenvalue weighted by Crippen LogP contribution is 2.33. The third kappa shape index (κ3) is 1.64. The number of rotatable bonds is 1. The van der Waals surface area contributed by atoms with Crippen LogP contribution in [0.3, 0.4) is 0 Å². The number of carbonyl (C=O) groups excluding carboxylic acids is 1. The number of amides is 1. The Kier molecular flexibility index (Phi) is 2.74. The van der Waals surface area contributed by atoms with Gasteiger partial charge >= 0.3 is 0 Å². The molecule has 0 radical (unpaired) electrons. The third-order valence-electron chi connectivity index (χ3n) is 3.57. The minimum Gasteiger partial charge on any atom is -0.393 e. The Morgan fingerprint density at radius 2 is 2.29 bits per heavy atom. The van der Waals surface area contributed by atoms with Gasteiger partial charge < -0.3 is 16.2 Å². The van der Waals surface area contributed by atoms with E-state index in [0.29, 0.717) is 6.54 Å². The number of nitrogens with one attached hydrogen (secondary N) is 1. The lowest BCUT2D eigenvalue weighted by molar-refractivity contribution is -0.131. The van der Waals surface area contributed by atoms with Gasteiger partial charge in [-0.3, -0.25) is 4.79 Å². The van der Waals surface area contributed by atoms with E-state index in [1.54, 1.807) is 0 Å². The SMILES string of the molecule is NC[C@H]1C[C@H]2[C@H](O)CCC[C@H]2NC1=O. The van der Waals surface area contributed by atoms with Gasteiger partial charge in [0.2, 0.25) is 5.91 Å². The maximum atomic E-state index is 11.5. The van der Waals surface area contributed by atoms with Crippen molar-refractivity contribution in [3.05, 3.63) is 0 Å². The van der Waals surface area contributed by atoms with Crippen LogP contribution in [0.25, 0.3) is 0 Å². The standard InChI is InChI=1S/C10H18N2O2/c11-5-6-4-7-8(12-10(6)14)2-1-3-9(7)13/h6-9,13H,1-5,11H2,(H,12,14)/t6-,7-,8-,9-/m1/s1. The number of aliphatic hydroxyl groups is 1. The van der Waals surface area contributed by atoms with Crippen molar-refractivity contribution in [3.8, 4) is 0 Å². The van der Waals surface area contributed by atoms with E-state index in [2.05, 4.69) is 5.32 Å². The second-order valence-corrected chi connectivity index (χ2v) is 4.45. The average molecular weight is 198 g/mol. The first-order valence-corrected chi connectivity index (χ1v) is 5.41. The molecule has 4 heteroatoms. The lowest BCUT2D eigenvalue weighted by atomic mass is 9.74. The Labute approximate surface area is 83.9 Å². The number of carbonyl (C=O) groups is 1. The summed E-state index contributed by atoms with van der Waals surface area (Å²) in [6.45, 7) is 0.391. The molecule has 2 rings (SSSR count). The van der Waals surface area contributed by atoms with E-state index in [0.717, 1.165) is 25.7 Å². The maximum Gasteiger partial charge on any atom is 0.224 e. The summed E-state index contributed by atoms with van der Waals surface area (Å²) in [4.78, 5) is 11.5. The molecule has 14 heavy (non-hydrogen) atoms. The van der Waals surface area contributed by atoms with Crippen LogP contribution >= 0.6 is 0 Å². The van der Waals surface area contributed by atoms with Gasteiger partial charge in [0, 0.05) is 18.5 Å². The number of piperidine rings is 1. The van der Waals surface area contributed by atoms with Crippen molar-refractivity contribution in [1.82, 2.24) is 5.32 Å². The predicted octanol–water partition coefficient (Wildman–Crippen LogP) is -0.389. The van der Waals surface area contributed by atoms with Crippen LogP contribution in [0, 0.1) is 11.8 Å². The molecular formula is C10H18N2O2. The molecule has 1 aliphatic heterocycles. The van der Waals surface area contributed by atoms with Crippen molar-refractivity contribution in [2.24, 2.45) is 17.6 Å². The van der Waals surface area contributed by atoms with Crippen molar-refractivity contribution >= 4 is 5.91 Å². The number of hydrogen-bond acceptors (Lipinski definition) is 3. The first kappa shape index (κ1) is 9.93. The van der Waals surface area contributed by atoms with Gasteiger partial charge in [0.15, 0.2) is 0 Å². The van der Waals surface area contributed by atoms with E-state index in [4.69, 9.17) is 5.73 Å². The topological polar surface area (TPSA) is 75.3 Å². The molecule has 0 bridgehead atoms. The Balaban J connectivity index is 2.06. The third-order valence-corrected chi connectivity index (χ3v) is 3.57. The van der Waals surface area contributed by atoms with Crippen molar-refractivity contribution < 1.29 is 9.90 Å². The van der Waals surface area contributed by atoms with Gasteiger partial charge in [-0.15, -0.1) is 0 Å². The molecule has 2 fully saturated rings. The molecule has 0 aromatic heterocycles. The number of aliphatic hydroxyl groups excluding tert-OH is 1. The lowest BCUT2D eigenvalue weighted by Gasteiger charge is -2.41. The van der Waals surface area contributed by atoms with Crippen LogP contribution in [0.2, 0.25) is 0 Å². The Hall–Kier alpha value is -0.610. The first-order chi connectivity index (χ1) is 6.72. The Morgan fingerprint density at radius 1 is 1.50 bits per heavy atom.